The molecule has 7 heteroatoms. The van der Waals surface area contributed by atoms with E-state index in [2.05, 4.69) is 0 Å². The minimum Gasteiger partial charge on any atom is -0.497 e. The van der Waals surface area contributed by atoms with Gasteiger partial charge in [0, 0.05) is 25.2 Å². The average molecular weight is 300 g/mol. The molecule has 1 aliphatic rings. The topological polar surface area (TPSA) is 92.9 Å². The summed E-state index contributed by atoms with van der Waals surface area (Å²) in [5.41, 5.74) is 5.78. The summed E-state index contributed by atoms with van der Waals surface area (Å²) in [7, 11) is -2.15. The molecule has 20 heavy (non-hydrogen) atoms. The molecule has 1 aromatic carbocycles. The van der Waals surface area contributed by atoms with Gasteiger partial charge in [-0.2, -0.15) is 4.31 Å². The standard InChI is InChI=1S/C13H20N2O4S/c1-19-10-4-2-5-11(8-10)20(17,18)15-7-3-6-12(14)13(16)9-15/h2,4-5,8,12-13,16H,3,6-7,9,14H2,1H3. The van der Waals surface area contributed by atoms with Crippen LogP contribution in [-0.4, -0.2) is 50.2 Å². The molecule has 112 valence electrons. The van der Waals surface area contributed by atoms with E-state index in [1.54, 1.807) is 12.1 Å². The Morgan fingerprint density at radius 3 is 2.90 bits per heavy atom. The predicted octanol–water partition coefficient (Wildman–Crippen LogP) is 0.168. The van der Waals surface area contributed by atoms with Gasteiger partial charge in [0.2, 0.25) is 10.0 Å². The molecule has 0 radical (unpaired) electrons. The first kappa shape index (κ1) is 15.2. The highest BCUT2D eigenvalue weighted by atomic mass is 32.2. The first-order valence-electron chi connectivity index (χ1n) is 6.53. The Kier molecular flexibility index (Phi) is 4.64. The number of rotatable bonds is 3. The van der Waals surface area contributed by atoms with E-state index >= 15 is 0 Å². The van der Waals surface area contributed by atoms with Crippen molar-refractivity contribution in [2.75, 3.05) is 20.2 Å². The largest absolute Gasteiger partial charge is 0.497 e. The van der Waals surface area contributed by atoms with E-state index in [-0.39, 0.29) is 17.5 Å². The van der Waals surface area contributed by atoms with Gasteiger partial charge in [-0.3, -0.25) is 0 Å². The van der Waals surface area contributed by atoms with E-state index in [1.165, 1.54) is 23.5 Å². The highest BCUT2D eigenvalue weighted by Crippen LogP contribution is 2.23. The van der Waals surface area contributed by atoms with E-state index in [9.17, 15) is 13.5 Å². The number of benzene rings is 1. The minimum atomic E-state index is -3.64. The quantitative estimate of drug-likeness (QED) is 0.830. The summed E-state index contributed by atoms with van der Waals surface area (Å²) in [6.07, 6.45) is 0.421. The average Bonchev–Trinajstić information content (AvgIpc) is 2.61. The number of β-amino-alcohol motifs (C(OH)–C–C–N with tert-alkyl or cyclic N) is 1. The number of nitrogens with two attached hydrogens (primary N) is 1. The molecular weight excluding hydrogens is 280 g/mol. The maximum Gasteiger partial charge on any atom is 0.243 e. The van der Waals surface area contributed by atoms with Gasteiger partial charge in [-0.05, 0) is 25.0 Å². The zero-order valence-corrected chi connectivity index (χ0v) is 12.2. The molecule has 0 spiro atoms. The van der Waals surface area contributed by atoms with E-state index in [0.29, 0.717) is 25.1 Å². The van der Waals surface area contributed by atoms with Crippen molar-refractivity contribution in [3.63, 3.8) is 0 Å². The second-order valence-corrected chi connectivity index (χ2v) is 6.85. The van der Waals surface area contributed by atoms with Gasteiger partial charge < -0.3 is 15.6 Å². The lowest BCUT2D eigenvalue weighted by molar-refractivity contribution is 0.130. The predicted molar refractivity (Wildman–Crippen MR) is 75.0 cm³/mol. The fraction of sp³-hybridized carbons (Fsp3) is 0.538. The third kappa shape index (κ3) is 3.12. The van der Waals surface area contributed by atoms with Gasteiger partial charge in [0.05, 0.1) is 18.1 Å². The van der Waals surface area contributed by atoms with Gasteiger partial charge in [-0.15, -0.1) is 0 Å². The highest BCUT2D eigenvalue weighted by molar-refractivity contribution is 7.89. The second-order valence-electron chi connectivity index (χ2n) is 4.92. The molecule has 0 bridgehead atoms. The van der Waals surface area contributed by atoms with E-state index < -0.39 is 16.1 Å². The van der Waals surface area contributed by atoms with Gasteiger partial charge in [-0.25, -0.2) is 8.42 Å². The number of nitrogens with zero attached hydrogens (tertiary/aromatic N) is 1. The molecule has 2 unspecified atom stereocenters. The van der Waals surface area contributed by atoms with Gasteiger partial charge in [0.1, 0.15) is 5.75 Å². The molecular formula is C13H20N2O4S. The Morgan fingerprint density at radius 2 is 2.20 bits per heavy atom. The Hall–Kier alpha value is -1.15. The molecule has 1 saturated heterocycles. The third-order valence-corrected chi connectivity index (χ3v) is 5.37. The summed E-state index contributed by atoms with van der Waals surface area (Å²) in [5.74, 6) is 0.484. The molecule has 1 aliphatic heterocycles. The maximum absolute atomic E-state index is 12.6. The summed E-state index contributed by atoms with van der Waals surface area (Å²) >= 11 is 0. The summed E-state index contributed by atoms with van der Waals surface area (Å²) < 4.78 is 31.5. The Balaban J connectivity index is 2.29. The fourth-order valence-electron chi connectivity index (χ4n) is 2.26. The Bertz CT molecular complexity index is 561. The SMILES string of the molecule is COc1cccc(S(=O)(=O)N2CCCC(N)C(O)C2)c1. The van der Waals surface area contributed by atoms with Crippen molar-refractivity contribution in [3.05, 3.63) is 24.3 Å². The summed E-state index contributed by atoms with van der Waals surface area (Å²) in [6, 6.07) is 5.94. The molecule has 0 aliphatic carbocycles. The van der Waals surface area contributed by atoms with Crippen LogP contribution in [0.2, 0.25) is 0 Å². The summed E-state index contributed by atoms with van der Waals surface area (Å²) in [5, 5.41) is 9.88. The van der Waals surface area contributed by atoms with Crippen molar-refractivity contribution in [2.24, 2.45) is 5.73 Å². The van der Waals surface area contributed by atoms with Crippen molar-refractivity contribution >= 4 is 10.0 Å². The van der Waals surface area contributed by atoms with Crippen molar-refractivity contribution in [1.29, 1.82) is 0 Å². The minimum absolute atomic E-state index is 0.0285. The number of methoxy groups -OCH3 is 1. The van der Waals surface area contributed by atoms with Crippen molar-refractivity contribution < 1.29 is 18.3 Å². The van der Waals surface area contributed by atoms with Crippen LogP contribution < -0.4 is 10.5 Å². The van der Waals surface area contributed by atoms with Crippen LogP contribution in [-0.2, 0) is 10.0 Å². The number of aliphatic hydroxyl groups is 1. The van der Waals surface area contributed by atoms with Crippen molar-refractivity contribution in [3.8, 4) is 5.75 Å². The highest BCUT2D eigenvalue weighted by Gasteiger charge is 2.31. The molecule has 2 rings (SSSR count). The van der Waals surface area contributed by atoms with Crippen molar-refractivity contribution in [2.45, 2.75) is 29.9 Å². The zero-order valence-electron chi connectivity index (χ0n) is 11.4. The van der Waals surface area contributed by atoms with E-state index in [1.807, 2.05) is 0 Å². The molecule has 0 saturated carbocycles. The van der Waals surface area contributed by atoms with Crippen LogP contribution in [0.3, 0.4) is 0 Å². The molecule has 1 aromatic rings. The monoisotopic (exact) mass is 300 g/mol. The Labute approximate surface area is 119 Å². The fourth-order valence-corrected chi connectivity index (χ4v) is 3.79. The first-order valence-corrected chi connectivity index (χ1v) is 7.97. The lowest BCUT2D eigenvalue weighted by Crippen LogP contribution is -2.42. The van der Waals surface area contributed by atoms with Crippen LogP contribution in [0.1, 0.15) is 12.8 Å². The lowest BCUT2D eigenvalue weighted by atomic mass is 10.1. The number of sulfonamides is 1. The van der Waals surface area contributed by atoms with Gasteiger partial charge >= 0.3 is 0 Å². The third-order valence-electron chi connectivity index (χ3n) is 3.51. The normalized spacial score (nSPS) is 25.1. The van der Waals surface area contributed by atoms with Gasteiger partial charge in [0.15, 0.2) is 0 Å². The molecule has 6 nitrogen and oxygen atoms in total. The summed E-state index contributed by atoms with van der Waals surface area (Å²) in [4.78, 5) is 0.166. The van der Waals surface area contributed by atoms with Gasteiger partial charge in [0.25, 0.3) is 0 Å². The second kappa shape index (κ2) is 6.09. The molecule has 3 N–H and O–H groups in total. The molecule has 1 fully saturated rings. The van der Waals surface area contributed by atoms with E-state index in [0.717, 1.165) is 0 Å². The number of hydrogen-bond donors (Lipinski definition) is 2. The van der Waals surface area contributed by atoms with Crippen LogP contribution in [0.5, 0.6) is 5.75 Å². The van der Waals surface area contributed by atoms with Crippen LogP contribution in [0.15, 0.2) is 29.2 Å². The lowest BCUT2D eigenvalue weighted by Gasteiger charge is -2.23. The smallest absolute Gasteiger partial charge is 0.243 e. The van der Waals surface area contributed by atoms with Crippen LogP contribution in [0.25, 0.3) is 0 Å². The number of ether oxygens (including phenoxy) is 1. The molecule has 0 amide bonds. The Morgan fingerprint density at radius 1 is 1.45 bits per heavy atom. The zero-order chi connectivity index (χ0) is 14.8. The molecule has 2 atom stereocenters. The van der Waals surface area contributed by atoms with E-state index in [4.69, 9.17) is 10.5 Å². The first-order chi connectivity index (χ1) is 9.45. The van der Waals surface area contributed by atoms with Crippen LogP contribution >= 0.6 is 0 Å². The van der Waals surface area contributed by atoms with Gasteiger partial charge in [-0.1, -0.05) is 6.07 Å². The summed E-state index contributed by atoms with van der Waals surface area (Å²) in [6.45, 7) is 0.394. The number of hydrogen-bond acceptors (Lipinski definition) is 5. The molecule has 1 heterocycles. The maximum atomic E-state index is 12.6. The van der Waals surface area contributed by atoms with Crippen LogP contribution in [0.4, 0.5) is 0 Å². The van der Waals surface area contributed by atoms with Crippen LogP contribution in [0, 0.1) is 0 Å². The molecule has 0 aromatic heterocycles. The van der Waals surface area contributed by atoms with Crippen molar-refractivity contribution in [1.82, 2.24) is 4.31 Å². The number of aliphatic hydroxyl groups excluding tert-OH is 1.